The van der Waals surface area contributed by atoms with E-state index in [1.165, 1.54) is 16.7 Å². The summed E-state index contributed by atoms with van der Waals surface area (Å²) in [7, 11) is 1.69. The zero-order valence-electron chi connectivity index (χ0n) is 11.8. The van der Waals surface area contributed by atoms with Gasteiger partial charge in [-0.3, -0.25) is 0 Å². The molecule has 0 amide bonds. The Hall–Kier alpha value is -1.80. The van der Waals surface area contributed by atoms with Crippen molar-refractivity contribution in [2.24, 2.45) is 0 Å². The predicted octanol–water partition coefficient (Wildman–Crippen LogP) is 4.49. The first-order valence-corrected chi connectivity index (χ1v) is 6.62. The predicted molar refractivity (Wildman–Crippen MR) is 86.2 cm³/mol. The number of nitrogens with one attached hydrogen (secondary N) is 1. The Labute approximate surface area is 122 Å². The quantitative estimate of drug-likeness (QED) is 0.865. The highest BCUT2D eigenvalue weighted by Crippen LogP contribution is 2.16. The van der Waals surface area contributed by atoms with Crippen molar-refractivity contribution >= 4 is 0 Å². The third-order valence-electron chi connectivity index (χ3n) is 3.31. The SMILES string of the molecule is C.COc1ccc(CNC(C)c2cccc(C)c2)cc1. The van der Waals surface area contributed by atoms with Crippen LogP contribution in [-0.2, 0) is 6.54 Å². The molecule has 0 saturated carbocycles. The molecule has 108 valence electrons. The van der Waals surface area contributed by atoms with E-state index in [1.807, 2.05) is 12.1 Å². The van der Waals surface area contributed by atoms with E-state index in [4.69, 9.17) is 4.74 Å². The van der Waals surface area contributed by atoms with Gasteiger partial charge in [0.25, 0.3) is 0 Å². The van der Waals surface area contributed by atoms with E-state index < -0.39 is 0 Å². The fourth-order valence-corrected chi connectivity index (χ4v) is 2.07. The molecule has 2 nitrogen and oxygen atoms in total. The van der Waals surface area contributed by atoms with Gasteiger partial charge >= 0.3 is 0 Å². The lowest BCUT2D eigenvalue weighted by Gasteiger charge is -2.15. The van der Waals surface area contributed by atoms with Crippen LogP contribution >= 0.6 is 0 Å². The number of hydrogen-bond donors (Lipinski definition) is 1. The highest BCUT2D eigenvalue weighted by atomic mass is 16.5. The van der Waals surface area contributed by atoms with Crippen LogP contribution < -0.4 is 10.1 Å². The molecule has 0 bridgehead atoms. The summed E-state index contributed by atoms with van der Waals surface area (Å²) in [6, 6.07) is 17.1. The maximum atomic E-state index is 5.16. The van der Waals surface area contributed by atoms with Gasteiger partial charge in [0.15, 0.2) is 0 Å². The Morgan fingerprint density at radius 1 is 1.10 bits per heavy atom. The molecule has 0 aliphatic rings. The van der Waals surface area contributed by atoms with Gasteiger partial charge in [-0.15, -0.1) is 0 Å². The van der Waals surface area contributed by atoms with Crippen molar-refractivity contribution in [2.45, 2.75) is 33.9 Å². The van der Waals surface area contributed by atoms with Crippen molar-refractivity contribution < 1.29 is 4.74 Å². The van der Waals surface area contributed by atoms with Crippen LogP contribution in [0.4, 0.5) is 0 Å². The Bertz CT molecular complexity index is 519. The number of methoxy groups -OCH3 is 1. The number of ether oxygens (including phenoxy) is 1. The summed E-state index contributed by atoms with van der Waals surface area (Å²) in [6.07, 6.45) is 0. The first-order valence-electron chi connectivity index (χ1n) is 6.62. The monoisotopic (exact) mass is 271 g/mol. The summed E-state index contributed by atoms with van der Waals surface area (Å²) in [5, 5.41) is 3.54. The molecule has 0 fully saturated rings. The standard InChI is InChI=1S/C17H21NO.CH4/c1-13-5-4-6-16(11-13)14(2)18-12-15-7-9-17(19-3)10-8-15;/h4-11,14,18H,12H2,1-3H3;1H4. The second kappa shape index (κ2) is 7.71. The molecule has 2 aromatic carbocycles. The molecule has 0 aliphatic heterocycles. The minimum atomic E-state index is 0. The molecule has 2 heteroatoms. The maximum Gasteiger partial charge on any atom is 0.118 e. The summed E-state index contributed by atoms with van der Waals surface area (Å²) in [5.74, 6) is 0.899. The Morgan fingerprint density at radius 3 is 2.40 bits per heavy atom. The smallest absolute Gasteiger partial charge is 0.118 e. The largest absolute Gasteiger partial charge is 0.497 e. The molecule has 1 N–H and O–H groups in total. The van der Waals surface area contributed by atoms with Crippen molar-refractivity contribution in [3.63, 3.8) is 0 Å². The minimum absolute atomic E-state index is 0. The van der Waals surface area contributed by atoms with Gasteiger partial charge in [0.05, 0.1) is 7.11 Å². The molecule has 0 spiro atoms. The van der Waals surface area contributed by atoms with Gasteiger partial charge in [0.1, 0.15) is 5.75 Å². The van der Waals surface area contributed by atoms with Gasteiger partial charge < -0.3 is 10.1 Å². The molecule has 20 heavy (non-hydrogen) atoms. The average molecular weight is 271 g/mol. The molecule has 0 aromatic heterocycles. The second-order valence-corrected chi connectivity index (χ2v) is 4.86. The zero-order valence-corrected chi connectivity index (χ0v) is 11.8. The highest BCUT2D eigenvalue weighted by molar-refractivity contribution is 5.28. The van der Waals surface area contributed by atoms with Crippen LogP contribution in [0.15, 0.2) is 48.5 Å². The number of hydrogen-bond acceptors (Lipinski definition) is 2. The summed E-state index contributed by atoms with van der Waals surface area (Å²) in [6.45, 7) is 5.18. The van der Waals surface area contributed by atoms with Gasteiger partial charge in [-0.05, 0) is 37.1 Å². The molecule has 0 aliphatic carbocycles. The zero-order chi connectivity index (χ0) is 13.7. The van der Waals surface area contributed by atoms with Crippen LogP contribution in [0.5, 0.6) is 5.75 Å². The number of aryl methyl sites for hydroxylation is 1. The first-order chi connectivity index (χ1) is 9.19. The molecule has 0 heterocycles. The lowest BCUT2D eigenvalue weighted by Crippen LogP contribution is -2.18. The van der Waals surface area contributed by atoms with Crippen LogP contribution in [0, 0.1) is 6.92 Å². The number of benzene rings is 2. The fourth-order valence-electron chi connectivity index (χ4n) is 2.07. The molecule has 0 saturated heterocycles. The average Bonchev–Trinajstić information content (AvgIpc) is 2.45. The van der Waals surface area contributed by atoms with Gasteiger partial charge in [-0.1, -0.05) is 49.4 Å². The molecule has 2 rings (SSSR count). The summed E-state index contributed by atoms with van der Waals surface area (Å²) in [5.41, 5.74) is 3.89. The first kappa shape index (κ1) is 16.3. The van der Waals surface area contributed by atoms with Crippen LogP contribution in [0.2, 0.25) is 0 Å². The third-order valence-corrected chi connectivity index (χ3v) is 3.31. The van der Waals surface area contributed by atoms with E-state index in [2.05, 4.69) is 55.6 Å². The van der Waals surface area contributed by atoms with Gasteiger partial charge in [-0.2, -0.15) is 0 Å². The Balaban J connectivity index is 0.00000200. The van der Waals surface area contributed by atoms with Crippen LogP contribution in [-0.4, -0.2) is 7.11 Å². The van der Waals surface area contributed by atoms with Gasteiger partial charge in [-0.25, -0.2) is 0 Å². The molecule has 1 atom stereocenters. The lowest BCUT2D eigenvalue weighted by atomic mass is 10.1. The second-order valence-electron chi connectivity index (χ2n) is 4.86. The molecule has 0 radical (unpaired) electrons. The highest BCUT2D eigenvalue weighted by Gasteiger charge is 2.04. The van der Waals surface area contributed by atoms with E-state index in [-0.39, 0.29) is 7.43 Å². The summed E-state index contributed by atoms with van der Waals surface area (Å²) >= 11 is 0. The van der Waals surface area contributed by atoms with Crippen molar-refractivity contribution in [2.75, 3.05) is 7.11 Å². The fraction of sp³-hybridized carbons (Fsp3) is 0.333. The van der Waals surface area contributed by atoms with E-state index >= 15 is 0 Å². The van der Waals surface area contributed by atoms with Gasteiger partial charge in [0.2, 0.25) is 0 Å². The molecular weight excluding hydrogens is 246 g/mol. The van der Waals surface area contributed by atoms with E-state index in [1.54, 1.807) is 7.11 Å². The maximum absolute atomic E-state index is 5.16. The normalized spacial score (nSPS) is 11.6. The van der Waals surface area contributed by atoms with Crippen LogP contribution in [0.25, 0.3) is 0 Å². The van der Waals surface area contributed by atoms with Crippen molar-refractivity contribution in [1.82, 2.24) is 5.32 Å². The van der Waals surface area contributed by atoms with Crippen LogP contribution in [0.3, 0.4) is 0 Å². The minimum Gasteiger partial charge on any atom is -0.497 e. The lowest BCUT2D eigenvalue weighted by molar-refractivity contribution is 0.414. The van der Waals surface area contributed by atoms with Crippen molar-refractivity contribution in [3.8, 4) is 5.75 Å². The molecule has 2 aromatic rings. The van der Waals surface area contributed by atoms with Gasteiger partial charge in [0, 0.05) is 12.6 Å². The Morgan fingerprint density at radius 2 is 1.80 bits per heavy atom. The van der Waals surface area contributed by atoms with E-state index in [0.29, 0.717) is 6.04 Å². The van der Waals surface area contributed by atoms with E-state index in [0.717, 1.165) is 12.3 Å². The van der Waals surface area contributed by atoms with E-state index in [9.17, 15) is 0 Å². The summed E-state index contributed by atoms with van der Waals surface area (Å²) in [4.78, 5) is 0. The molecular formula is C18H25NO. The van der Waals surface area contributed by atoms with Crippen molar-refractivity contribution in [1.29, 1.82) is 0 Å². The third kappa shape index (κ3) is 4.39. The number of rotatable bonds is 5. The molecule has 1 unspecified atom stereocenters. The Kier molecular flexibility index (Phi) is 6.26. The van der Waals surface area contributed by atoms with Crippen LogP contribution in [0.1, 0.15) is 37.1 Å². The van der Waals surface area contributed by atoms with Crippen molar-refractivity contribution in [3.05, 3.63) is 65.2 Å². The summed E-state index contributed by atoms with van der Waals surface area (Å²) < 4.78 is 5.16. The topological polar surface area (TPSA) is 21.3 Å².